The number of hydrogen-bond acceptors (Lipinski definition) is 3. The highest BCUT2D eigenvalue weighted by Crippen LogP contribution is 2.21. The number of nitrogens with zero attached hydrogens (tertiary/aromatic N) is 1. The molecule has 0 bridgehead atoms. The van der Waals surface area contributed by atoms with E-state index in [1.54, 1.807) is 6.20 Å². The molecule has 1 heterocycles. The van der Waals surface area contributed by atoms with E-state index in [0.717, 1.165) is 11.3 Å². The minimum absolute atomic E-state index is 0.0625. The van der Waals surface area contributed by atoms with E-state index >= 15 is 0 Å². The highest BCUT2D eigenvalue weighted by atomic mass is 16.3. The molecule has 1 unspecified atom stereocenters. The number of hydrogen-bond donors (Lipinski definition) is 2. The van der Waals surface area contributed by atoms with Gasteiger partial charge in [0, 0.05) is 23.9 Å². The van der Waals surface area contributed by atoms with Gasteiger partial charge < -0.3 is 10.8 Å². The van der Waals surface area contributed by atoms with Crippen LogP contribution in [0.25, 0.3) is 0 Å². The molecule has 1 atom stereocenters. The zero-order valence-electron chi connectivity index (χ0n) is 8.12. The lowest BCUT2D eigenvalue weighted by atomic mass is 9.84. The van der Waals surface area contributed by atoms with Crippen molar-refractivity contribution in [3.8, 4) is 0 Å². The second kappa shape index (κ2) is 3.85. The van der Waals surface area contributed by atoms with Gasteiger partial charge in [-0.2, -0.15) is 0 Å². The average Bonchev–Trinajstić information content (AvgIpc) is 2.17. The fraction of sp³-hybridized carbons (Fsp3) is 0.500. The number of pyridine rings is 1. The predicted octanol–water partition coefficient (Wildman–Crippen LogP) is 0.599. The summed E-state index contributed by atoms with van der Waals surface area (Å²) in [5.74, 6) is 0. The van der Waals surface area contributed by atoms with Crippen LogP contribution in [0.3, 0.4) is 0 Å². The molecule has 0 spiro atoms. The standard InChI is InChI=1S/C10H16N2O/c1-8-5-9(3-4-12-8)10(2,6-11)7-13/h3-5,13H,6-7,11H2,1-2H3. The van der Waals surface area contributed by atoms with Crippen molar-refractivity contribution in [1.29, 1.82) is 0 Å². The molecule has 0 radical (unpaired) electrons. The Kier molecular flexibility index (Phi) is 3.01. The van der Waals surface area contributed by atoms with Crippen LogP contribution < -0.4 is 5.73 Å². The SMILES string of the molecule is Cc1cc(C(C)(CN)CO)ccn1. The molecular formula is C10H16N2O. The third kappa shape index (κ3) is 2.05. The molecule has 0 aliphatic carbocycles. The van der Waals surface area contributed by atoms with Crippen LogP contribution in [0.2, 0.25) is 0 Å². The van der Waals surface area contributed by atoms with Crippen molar-refractivity contribution in [2.75, 3.05) is 13.2 Å². The van der Waals surface area contributed by atoms with Crippen LogP contribution in [0.1, 0.15) is 18.2 Å². The van der Waals surface area contributed by atoms with Crippen molar-refractivity contribution in [2.24, 2.45) is 5.73 Å². The van der Waals surface area contributed by atoms with Crippen molar-refractivity contribution < 1.29 is 5.11 Å². The van der Waals surface area contributed by atoms with Gasteiger partial charge >= 0.3 is 0 Å². The minimum atomic E-state index is -0.340. The quantitative estimate of drug-likeness (QED) is 0.716. The number of aryl methyl sites for hydroxylation is 1. The fourth-order valence-corrected chi connectivity index (χ4v) is 1.19. The van der Waals surface area contributed by atoms with Gasteiger partial charge in [-0.3, -0.25) is 4.98 Å². The third-order valence-electron chi connectivity index (χ3n) is 2.39. The van der Waals surface area contributed by atoms with Crippen LogP contribution in [0.15, 0.2) is 18.3 Å². The van der Waals surface area contributed by atoms with E-state index in [2.05, 4.69) is 4.98 Å². The molecular weight excluding hydrogens is 164 g/mol. The Labute approximate surface area is 78.6 Å². The van der Waals surface area contributed by atoms with E-state index in [4.69, 9.17) is 5.73 Å². The van der Waals surface area contributed by atoms with Gasteiger partial charge in [-0.1, -0.05) is 6.92 Å². The van der Waals surface area contributed by atoms with Gasteiger partial charge in [0.2, 0.25) is 0 Å². The second-order valence-electron chi connectivity index (χ2n) is 3.61. The maximum Gasteiger partial charge on any atom is 0.0537 e. The highest BCUT2D eigenvalue weighted by molar-refractivity contribution is 5.25. The summed E-state index contributed by atoms with van der Waals surface area (Å²) in [5, 5.41) is 9.23. The molecule has 1 rings (SSSR count). The largest absolute Gasteiger partial charge is 0.395 e. The molecule has 0 aliphatic heterocycles. The summed E-state index contributed by atoms with van der Waals surface area (Å²) in [6.07, 6.45) is 1.74. The molecule has 0 saturated heterocycles. The Morgan fingerprint density at radius 2 is 2.31 bits per heavy atom. The molecule has 0 fully saturated rings. The van der Waals surface area contributed by atoms with E-state index in [1.165, 1.54) is 0 Å². The van der Waals surface area contributed by atoms with Crippen molar-refractivity contribution >= 4 is 0 Å². The van der Waals surface area contributed by atoms with Crippen LogP contribution in [0, 0.1) is 6.92 Å². The maximum absolute atomic E-state index is 9.23. The van der Waals surface area contributed by atoms with E-state index < -0.39 is 0 Å². The number of nitrogens with two attached hydrogens (primary N) is 1. The van der Waals surface area contributed by atoms with Gasteiger partial charge in [-0.25, -0.2) is 0 Å². The fourth-order valence-electron chi connectivity index (χ4n) is 1.19. The van der Waals surface area contributed by atoms with Gasteiger partial charge in [0.15, 0.2) is 0 Å². The van der Waals surface area contributed by atoms with Gasteiger partial charge in [0.05, 0.1) is 6.61 Å². The molecule has 0 aliphatic rings. The summed E-state index contributed by atoms with van der Waals surface area (Å²) < 4.78 is 0. The monoisotopic (exact) mass is 180 g/mol. The zero-order valence-corrected chi connectivity index (χ0v) is 8.12. The molecule has 3 nitrogen and oxygen atoms in total. The minimum Gasteiger partial charge on any atom is -0.395 e. The third-order valence-corrected chi connectivity index (χ3v) is 2.39. The van der Waals surface area contributed by atoms with E-state index in [-0.39, 0.29) is 12.0 Å². The maximum atomic E-state index is 9.23. The highest BCUT2D eigenvalue weighted by Gasteiger charge is 2.23. The average molecular weight is 180 g/mol. The molecule has 13 heavy (non-hydrogen) atoms. The molecule has 1 aromatic rings. The normalized spacial score (nSPS) is 15.4. The van der Waals surface area contributed by atoms with E-state index in [1.807, 2.05) is 26.0 Å². The number of aliphatic hydroxyl groups excluding tert-OH is 1. The molecule has 3 heteroatoms. The van der Waals surface area contributed by atoms with Crippen molar-refractivity contribution in [1.82, 2.24) is 4.98 Å². The molecule has 1 aromatic heterocycles. The van der Waals surface area contributed by atoms with Crippen LogP contribution >= 0.6 is 0 Å². The van der Waals surface area contributed by atoms with Gasteiger partial charge in [0.1, 0.15) is 0 Å². The number of aliphatic hydroxyl groups is 1. The van der Waals surface area contributed by atoms with Crippen LogP contribution in [-0.4, -0.2) is 23.2 Å². The molecule has 72 valence electrons. The zero-order chi connectivity index (χ0) is 9.90. The van der Waals surface area contributed by atoms with Crippen LogP contribution in [0.4, 0.5) is 0 Å². The topological polar surface area (TPSA) is 59.1 Å². The Morgan fingerprint density at radius 1 is 1.62 bits per heavy atom. The summed E-state index contributed by atoms with van der Waals surface area (Å²) in [5.41, 5.74) is 7.28. The first-order valence-electron chi connectivity index (χ1n) is 4.36. The summed E-state index contributed by atoms with van der Waals surface area (Å²) in [7, 11) is 0. The van der Waals surface area contributed by atoms with Gasteiger partial charge in [-0.05, 0) is 24.6 Å². The Hall–Kier alpha value is -0.930. The lowest BCUT2D eigenvalue weighted by Gasteiger charge is -2.25. The first-order valence-corrected chi connectivity index (χ1v) is 4.36. The molecule has 3 N–H and O–H groups in total. The molecule has 0 saturated carbocycles. The number of rotatable bonds is 3. The molecule has 0 amide bonds. The Morgan fingerprint density at radius 3 is 2.77 bits per heavy atom. The summed E-state index contributed by atoms with van der Waals surface area (Å²) >= 11 is 0. The van der Waals surface area contributed by atoms with Gasteiger partial charge in [-0.15, -0.1) is 0 Å². The van der Waals surface area contributed by atoms with Crippen LogP contribution in [-0.2, 0) is 5.41 Å². The lowest BCUT2D eigenvalue weighted by molar-refractivity contribution is 0.210. The summed E-state index contributed by atoms with van der Waals surface area (Å²) in [6.45, 7) is 4.37. The summed E-state index contributed by atoms with van der Waals surface area (Å²) in [6, 6.07) is 3.86. The summed E-state index contributed by atoms with van der Waals surface area (Å²) in [4.78, 5) is 4.10. The first-order chi connectivity index (χ1) is 6.12. The molecule has 0 aromatic carbocycles. The van der Waals surface area contributed by atoms with E-state index in [0.29, 0.717) is 6.54 Å². The predicted molar refractivity (Wildman–Crippen MR) is 52.5 cm³/mol. The second-order valence-corrected chi connectivity index (χ2v) is 3.61. The first kappa shape index (κ1) is 10.2. The van der Waals surface area contributed by atoms with Gasteiger partial charge in [0.25, 0.3) is 0 Å². The Balaban J connectivity index is 3.05. The van der Waals surface area contributed by atoms with Crippen LogP contribution in [0.5, 0.6) is 0 Å². The smallest absolute Gasteiger partial charge is 0.0537 e. The van der Waals surface area contributed by atoms with Crippen molar-refractivity contribution in [3.63, 3.8) is 0 Å². The van der Waals surface area contributed by atoms with Crippen molar-refractivity contribution in [3.05, 3.63) is 29.6 Å². The van der Waals surface area contributed by atoms with Crippen molar-refractivity contribution in [2.45, 2.75) is 19.3 Å². The lowest BCUT2D eigenvalue weighted by Crippen LogP contribution is -2.35. The Bertz CT molecular complexity index is 282. The number of aromatic nitrogens is 1. The van der Waals surface area contributed by atoms with E-state index in [9.17, 15) is 5.11 Å².